The predicted octanol–water partition coefficient (Wildman–Crippen LogP) is 1.64. The lowest BCUT2D eigenvalue weighted by Crippen LogP contribution is -2.09. The Bertz CT molecular complexity index is 898. The Hall–Kier alpha value is -2.96. The van der Waals surface area contributed by atoms with Crippen molar-refractivity contribution in [3.63, 3.8) is 0 Å². The highest BCUT2D eigenvalue weighted by molar-refractivity contribution is 5.76. The number of nitrogens with two attached hydrogens (primary N) is 1. The molecule has 0 atom stereocenters. The van der Waals surface area contributed by atoms with Crippen LogP contribution in [0.25, 0.3) is 11.0 Å². The van der Waals surface area contributed by atoms with E-state index in [2.05, 4.69) is 15.0 Å². The number of aromatic nitrogens is 3. The largest absolute Gasteiger partial charge is 0.497 e. The number of aryl methyl sites for hydroxylation is 2. The van der Waals surface area contributed by atoms with Crippen LogP contribution in [0.3, 0.4) is 0 Å². The second kappa shape index (κ2) is 6.04. The molecule has 0 radical (unpaired) electrons. The number of nitrogens with zero attached hydrogens (tertiary/aromatic N) is 1. The van der Waals surface area contributed by atoms with Gasteiger partial charge in [-0.3, -0.25) is 9.78 Å². The zero-order valence-corrected chi connectivity index (χ0v) is 13.0. The second-order valence-corrected chi connectivity index (χ2v) is 5.19. The molecule has 0 aliphatic carbocycles. The number of ether oxygens (including phenoxy) is 2. The first-order chi connectivity index (χ1) is 11.1. The minimum Gasteiger partial charge on any atom is -0.497 e. The standard InChI is InChI=1S/C16H18N4O3/c1-22-11-5-6-13(23-2)9(7-11)3-4-10-8-12-14(18-10)19-16(17)20-15(12)21/h5-8H,3-4H2,1-2H3,(H4,17,18,19,20,21). The molecular weight excluding hydrogens is 296 g/mol. The van der Waals surface area contributed by atoms with Crippen LogP contribution in [0.15, 0.2) is 29.1 Å². The van der Waals surface area contributed by atoms with E-state index >= 15 is 0 Å². The number of rotatable bonds is 5. The van der Waals surface area contributed by atoms with Gasteiger partial charge >= 0.3 is 0 Å². The van der Waals surface area contributed by atoms with Gasteiger partial charge in [0.2, 0.25) is 5.95 Å². The second-order valence-electron chi connectivity index (χ2n) is 5.19. The third kappa shape index (κ3) is 2.98. The van der Waals surface area contributed by atoms with Crippen molar-refractivity contribution in [3.8, 4) is 11.5 Å². The molecule has 7 nitrogen and oxygen atoms in total. The van der Waals surface area contributed by atoms with Gasteiger partial charge in [-0.15, -0.1) is 0 Å². The van der Waals surface area contributed by atoms with Gasteiger partial charge in [-0.25, -0.2) is 0 Å². The summed E-state index contributed by atoms with van der Waals surface area (Å²) in [5.74, 6) is 1.69. The summed E-state index contributed by atoms with van der Waals surface area (Å²) in [5, 5.41) is 0.506. The summed E-state index contributed by atoms with van der Waals surface area (Å²) >= 11 is 0. The molecule has 7 heteroatoms. The normalized spacial score (nSPS) is 10.9. The zero-order chi connectivity index (χ0) is 16.4. The average Bonchev–Trinajstić information content (AvgIpc) is 2.95. The third-order valence-electron chi connectivity index (χ3n) is 3.72. The molecule has 0 fully saturated rings. The number of anilines is 1. The molecule has 0 unspecified atom stereocenters. The molecule has 0 saturated heterocycles. The predicted molar refractivity (Wildman–Crippen MR) is 88.1 cm³/mol. The van der Waals surface area contributed by atoms with Crippen LogP contribution in [0.2, 0.25) is 0 Å². The first-order valence-corrected chi connectivity index (χ1v) is 7.19. The van der Waals surface area contributed by atoms with E-state index in [0.717, 1.165) is 29.2 Å². The molecule has 4 N–H and O–H groups in total. The molecule has 0 spiro atoms. The van der Waals surface area contributed by atoms with Crippen LogP contribution in [0.1, 0.15) is 11.3 Å². The van der Waals surface area contributed by atoms with E-state index in [1.165, 1.54) is 0 Å². The minimum absolute atomic E-state index is 0.102. The van der Waals surface area contributed by atoms with Crippen molar-refractivity contribution >= 4 is 17.0 Å². The zero-order valence-electron chi connectivity index (χ0n) is 13.0. The van der Waals surface area contributed by atoms with Gasteiger partial charge in [-0.2, -0.15) is 4.98 Å². The molecule has 0 aliphatic rings. The van der Waals surface area contributed by atoms with Crippen LogP contribution in [0.5, 0.6) is 11.5 Å². The van der Waals surface area contributed by atoms with Gasteiger partial charge in [0.1, 0.15) is 17.1 Å². The number of aromatic amines is 2. The highest BCUT2D eigenvalue weighted by atomic mass is 16.5. The Morgan fingerprint density at radius 2 is 1.96 bits per heavy atom. The van der Waals surface area contributed by atoms with Gasteiger partial charge in [0.25, 0.3) is 5.56 Å². The summed E-state index contributed by atoms with van der Waals surface area (Å²) < 4.78 is 10.6. The molecule has 0 amide bonds. The summed E-state index contributed by atoms with van der Waals surface area (Å²) in [6.07, 6.45) is 1.44. The van der Waals surface area contributed by atoms with Crippen LogP contribution in [-0.4, -0.2) is 29.2 Å². The molecule has 2 heterocycles. The lowest BCUT2D eigenvalue weighted by Gasteiger charge is -2.10. The number of H-pyrrole nitrogens is 2. The monoisotopic (exact) mass is 314 g/mol. The number of hydrogen-bond acceptors (Lipinski definition) is 5. The van der Waals surface area contributed by atoms with E-state index in [1.54, 1.807) is 20.3 Å². The molecule has 3 rings (SSSR count). The summed E-state index contributed by atoms with van der Waals surface area (Å²) in [4.78, 5) is 21.6. The maximum atomic E-state index is 11.8. The van der Waals surface area contributed by atoms with Crippen molar-refractivity contribution in [2.75, 3.05) is 20.0 Å². The maximum absolute atomic E-state index is 11.8. The number of fused-ring (bicyclic) bond motifs is 1. The van der Waals surface area contributed by atoms with E-state index in [0.29, 0.717) is 17.5 Å². The number of benzene rings is 1. The maximum Gasteiger partial charge on any atom is 0.261 e. The van der Waals surface area contributed by atoms with E-state index in [-0.39, 0.29) is 11.5 Å². The number of nitrogens with one attached hydrogen (secondary N) is 2. The Morgan fingerprint density at radius 1 is 1.13 bits per heavy atom. The fourth-order valence-corrected chi connectivity index (χ4v) is 2.57. The van der Waals surface area contributed by atoms with Gasteiger partial charge in [0.15, 0.2) is 0 Å². The first kappa shape index (κ1) is 15.0. The molecule has 120 valence electrons. The molecule has 0 aliphatic heterocycles. The van der Waals surface area contributed by atoms with Crippen LogP contribution >= 0.6 is 0 Å². The lowest BCUT2D eigenvalue weighted by atomic mass is 10.1. The van der Waals surface area contributed by atoms with Crippen molar-refractivity contribution in [2.45, 2.75) is 12.8 Å². The number of nitrogen functional groups attached to an aromatic ring is 1. The SMILES string of the molecule is COc1ccc(OC)c(CCc2cc3c(=O)[nH]c(N)nc3[nH]2)c1. The van der Waals surface area contributed by atoms with Crippen LogP contribution in [0.4, 0.5) is 5.95 Å². The molecule has 3 aromatic rings. The third-order valence-corrected chi connectivity index (χ3v) is 3.72. The smallest absolute Gasteiger partial charge is 0.261 e. The molecule has 0 bridgehead atoms. The summed E-state index contributed by atoms with van der Waals surface area (Å²) in [7, 11) is 3.27. The highest BCUT2D eigenvalue weighted by Gasteiger charge is 2.09. The van der Waals surface area contributed by atoms with E-state index in [4.69, 9.17) is 15.2 Å². The van der Waals surface area contributed by atoms with Crippen LogP contribution < -0.4 is 20.8 Å². The van der Waals surface area contributed by atoms with Gasteiger partial charge in [-0.05, 0) is 42.7 Å². The lowest BCUT2D eigenvalue weighted by molar-refractivity contribution is 0.398. The fourth-order valence-electron chi connectivity index (χ4n) is 2.57. The van der Waals surface area contributed by atoms with E-state index in [9.17, 15) is 4.79 Å². The van der Waals surface area contributed by atoms with Gasteiger partial charge < -0.3 is 20.2 Å². The molecular formula is C16H18N4O3. The highest BCUT2D eigenvalue weighted by Crippen LogP contribution is 2.25. The molecule has 1 aromatic carbocycles. The van der Waals surface area contributed by atoms with Crippen molar-refractivity contribution in [2.24, 2.45) is 0 Å². The fraction of sp³-hybridized carbons (Fsp3) is 0.250. The van der Waals surface area contributed by atoms with E-state index < -0.39 is 0 Å². The Balaban J connectivity index is 1.86. The summed E-state index contributed by atoms with van der Waals surface area (Å²) in [6.45, 7) is 0. The summed E-state index contributed by atoms with van der Waals surface area (Å²) in [5.41, 5.74) is 7.75. The Morgan fingerprint density at radius 3 is 2.70 bits per heavy atom. The molecule has 2 aromatic heterocycles. The van der Waals surface area contributed by atoms with Gasteiger partial charge in [-0.1, -0.05) is 0 Å². The van der Waals surface area contributed by atoms with Crippen molar-refractivity contribution in [1.29, 1.82) is 0 Å². The average molecular weight is 314 g/mol. The molecule has 0 saturated carbocycles. The first-order valence-electron chi connectivity index (χ1n) is 7.19. The molecule has 23 heavy (non-hydrogen) atoms. The van der Waals surface area contributed by atoms with Crippen LogP contribution in [0, 0.1) is 0 Å². The van der Waals surface area contributed by atoms with Gasteiger partial charge in [0, 0.05) is 5.69 Å². The van der Waals surface area contributed by atoms with Crippen molar-refractivity contribution < 1.29 is 9.47 Å². The number of methoxy groups -OCH3 is 2. The van der Waals surface area contributed by atoms with Crippen LogP contribution in [-0.2, 0) is 12.8 Å². The summed E-state index contributed by atoms with van der Waals surface area (Å²) in [6, 6.07) is 7.49. The minimum atomic E-state index is -0.242. The van der Waals surface area contributed by atoms with Gasteiger partial charge in [0.05, 0.1) is 19.6 Å². The Labute approximate surface area is 132 Å². The van der Waals surface area contributed by atoms with Crippen molar-refractivity contribution in [1.82, 2.24) is 15.0 Å². The van der Waals surface area contributed by atoms with Crippen molar-refractivity contribution in [3.05, 3.63) is 45.9 Å². The topological polar surface area (TPSA) is 106 Å². The van der Waals surface area contributed by atoms with E-state index in [1.807, 2.05) is 18.2 Å². The number of hydrogen-bond donors (Lipinski definition) is 3. The Kier molecular flexibility index (Phi) is 3.92. The quantitative estimate of drug-likeness (QED) is 0.664.